The number of amides is 1. The molecule has 142 valence electrons. The molecule has 0 fully saturated rings. The number of carbonyl (C=O) groups excluding carboxylic acids is 1. The molecule has 0 aliphatic carbocycles. The van der Waals surface area contributed by atoms with Gasteiger partial charge in [0.15, 0.2) is 6.61 Å². The minimum Gasteiger partial charge on any atom is -0.506 e. The van der Waals surface area contributed by atoms with E-state index in [-0.39, 0.29) is 28.1 Å². The molecule has 0 saturated heterocycles. The number of hydrogen-bond acceptors (Lipinski definition) is 6. The fourth-order valence-corrected chi connectivity index (χ4v) is 2.76. The smallest absolute Gasteiger partial charge is 0.277 e. The first-order valence-electron chi connectivity index (χ1n) is 7.89. The average Bonchev–Trinajstić information content (AvgIpc) is 2.61. The lowest BCUT2D eigenvalue weighted by Crippen LogP contribution is -2.25. The van der Waals surface area contributed by atoms with E-state index in [2.05, 4.69) is 26.5 Å². The van der Waals surface area contributed by atoms with Gasteiger partial charge in [-0.05, 0) is 53.4 Å². The lowest BCUT2D eigenvalue weighted by molar-refractivity contribution is -0.385. The number of phenolic OH excluding ortho intramolecular Hbond substituents is 1. The van der Waals surface area contributed by atoms with Crippen molar-refractivity contribution in [1.82, 2.24) is 5.43 Å². The summed E-state index contributed by atoms with van der Waals surface area (Å²) in [4.78, 5) is 22.2. The molecule has 2 aromatic carbocycles. The van der Waals surface area contributed by atoms with Gasteiger partial charge in [0, 0.05) is 17.7 Å². The number of hydrazone groups is 1. The number of carbonyl (C=O) groups is 1. The molecule has 0 atom stereocenters. The maximum atomic E-state index is 11.9. The van der Waals surface area contributed by atoms with Crippen molar-refractivity contribution in [1.29, 1.82) is 0 Å². The summed E-state index contributed by atoms with van der Waals surface area (Å²) in [6.45, 7) is 5.51. The van der Waals surface area contributed by atoms with E-state index in [4.69, 9.17) is 4.74 Å². The quantitative estimate of drug-likeness (QED) is 0.409. The van der Waals surface area contributed by atoms with Crippen molar-refractivity contribution in [3.63, 3.8) is 0 Å². The predicted octanol–water partition coefficient (Wildman–Crippen LogP) is 3.52. The monoisotopic (exact) mass is 435 g/mol. The number of nitro groups is 1. The molecule has 2 rings (SSSR count). The second-order valence-electron chi connectivity index (χ2n) is 5.86. The van der Waals surface area contributed by atoms with Crippen LogP contribution in [0.1, 0.15) is 22.3 Å². The van der Waals surface area contributed by atoms with Gasteiger partial charge in [0.05, 0.1) is 15.6 Å². The molecule has 27 heavy (non-hydrogen) atoms. The zero-order valence-corrected chi connectivity index (χ0v) is 16.5. The number of nitrogens with one attached hydrogen (secondary N) is 1. The topological polar surface area (TPSA) is 114 Å². The van der Waals surface area contributed by atoms with Crippen molar-refractivity contribution < 1.29 is 19.6 Å². The van der Waals surface area contributed by atoms with E-state index in [1.54, 1.807) is 0 Å². The largest absolute Gasteiger partial charge is 0.506 e. The Morgan fingerprint density at radius 3 is 2.67 bits per heavy atom. The first-order chi connectivity index (χ1) is 12.7. The third-order valence-corrected chi connectivity index (χ3v) is 4.51. The Morgan fingerprint density at radius 2 is 2.00 bits per heavy atom. The molecule has 2 aromatic rings. The lowest BCUT2D eigenvalue weighted by Gasteiger charge is -2.13. The molecule has 0 spiro atoms. The number of halogens is 1. The maximum Gasteiger partial charge on any atom is 0.277 e. The van der Waals surface area contributed by atoms with Gasteiger partial charge in [-0.2, -0.15) is 5.10 Å². The number of nitrogens with zero attached hydrogens (tertiary/aromatic N) is 2. The molecule has 0 radical (unpaired) electrons. The Labute approximate surface area is 164 Å². The normalized spacial score (nSPS) is 10.8. The van der Waals surface area contributed by atoms with Crippen LogP contribution in [0.4, 0.5) is 5.69 Å². The SMILES string of the molecule is Cc1ccc(C)c(OCC(=O)N/N=C/c2cc([N+](=O)[O-])cc(Br)c2O)c1C. The van der Waals surface area contributed by atoms with Crippen LogP contribution in [-0.4, -0.2) is 28.8 Å². The minimum atomic E-state index is -0.597. The van der Waals surface area contributed by atoms with Gasteiger partial charge in [-0.1, -0.05) is 12.1 Å². The van der Waals surface area contributed by atoms with Crippen molar-refractivity contribution in [3.8, 4) is 11.5 Å². The van der Waals surface area contributed by atoms with Crippen molar-refractivity contribution in [3.05, 3.63) is 61.1 Å². The van der Waals surface area contributed by atoms with E-state index in [1.165, 1.54) is 6.07 Å². The highest BCUT2D eigenvalue weighted by Gasteiger charge is 2.14. The van der Waals surface area contributed by atoms with Crippen LogP contribution < -0.4 is 10.2 Å². The second-order valence-corrected chi connectivity index (χ2v) is 6.71. The fourth-order valence-electron chi connectivity index (χ4n) is 2.30. The molecular weight excluding hydrogens is 418 g/mol. The van der Waals surface area contributed by atoms with Crippen LogP contribution in [0.2, 0.25) is 0 Å². The predicted molar refractivity (Wildman–Crippen MR) is 104 cm³/mol. The van der Waals surface area contributed by atoms with Gasteiger partial charge in [0.1, 0.15) is 11.5 Å². The van der Waals surface area contributed by atoms with E-state index in [0.717, 1.165) is 29.0 Å². The number of benzene rings is 2. The van der Waals surface area contributed by atoms with Crippen LogP contribution in [0, 0.1) is 30.9 Å². The van der Waals surface area contributed by atoms with Crippen LogP contribution in [0.25, 0.3) is 0 Å². The number of nitro benzene ring substituents is 1. The zero-order chi connectivity index (χ0) is 20.1. The third kappa shape index (κ3) is 5.04. The van der Waals surface area contributed by atoms with E-state index < -0.39 is 10.8 Å². The molecule has 9 heteroatoms. The molecule has 0 unspecified atom stereocenters. The summed E-state index contributed by atoms with van der Waals surface area (Å²) in [5, 5.41) is 24.5. The van der Waals surface area contributed by atoms with Gasteiger partial charge < -0.3 is 9.84 Å². The Bertz CT molecular complexity index is 928. The van der Waals surface area contributed by atoms with Gasteiger partial charge in [-0.25, -0.2) is 5.43 Å². The Kier molecular flexibility index (Phi) is 6.51. The fraction of sp³-hybridized carbons (Fsp3) is 0.222. The summed E-state index contributed by atoms with van der Waals surface area (Å²) >= 11 is 3.03. The number of phenols is 1. The number of aromatic hydroxyl groups is 1. The summed E-state index contributed by atoms with van der Waals surface area (Å²) in [5.41, 5.74) is 5.05. The minimum absolute atomic E-state index is 0.0858. The van der Waals surface area contributed by atoms with Gasteiger partial charge in [-0.15, -0.1) is 0 Å². The van der Waals surface area contributed by atoms with Gasteiger partial charge in [0.25, 0.3) is 11.6 Å². The van der Waals surface area contributed by atoms with Crippen molar-refractivity contribution >= 4 is 33.7 Å². The zero-order valence-electron chi connectivity index (χ0n) is 14.9. The molecule has 2 N–H and O–H groups in total. The highest BCUT2D eigenvalue weighted by Crippen LogP contribution is 2.31. The van der Waals surface area contributed by atoms with Crippen molar-refractivity contribution in [2.24, 2.45) is 5.10 Å². The van der Waals surface area contributed by atoms with Gasteiger partial charge in [-0.3, -0.25) is 14.9 Å². The van der Waals surface area contributed by atoms with E-state index in [0.29, 0.717) is 5.75 Å². The standard InChI is InChI=1S/C18H18BrN3O5/c1-10-4-5-11(2)18(12(10)3)27-9-16(23)21-20-8-13-6-14(22(25)26)7-15(19)17(13)24/h4-8,24H,9H2,1-3H3,(H,21,23)/b20-8+. The molecule has 0 bridgehead atoms. The van der Waals surface area contributed by atoms with E-state index >= 15 is 0 Å². The van der Waals surface area contributed by atoms with Crippen molar-refractivity contribution in [2.75, 3.05) is 6.61 Å². The molecule has 0 aliphatic rings. The summed E-state index contributed by atoms with van der Waals surface area (Å²) in [5.74, 6) is -0.0780. The number of rotatable bonds is 6. The molecule has 1 amide bonds. The highest BCUT2D eigenvalue weighted by molar-refractivity contribution is 9.10. The first kappa shape index (κ1) is 20.4. The number of ether oxygens (including phenoxy) is 1. The first-order valence-corrected chi connectivity index (χ1v) is 8.68. The van der Waals surface area contributed by atoms with Crippen molar-refractivity contribution in [2.45, 2.75) is 20.8 Å². The molecule has 0 heterocycles. The van der Waals surface area contributed by atoms with Crippen LogP contribution in [0.3, 0.4) is 0 Å². The Morgan fingerprint density at radius 1 is 1.33 bits per heavy atom. The van der Waals surface area contributed by atoms with E-state index in [9.17, 15) is 20.0 Å². The third-order valence-electron chi connectivity index (χ3n) is 3.90. The molecule has 8 nitrogen and oxygen atoms in total. The Hall–Kier alpha value is -2.94. The summed E-state index contributed by atoms with van der Waals surface area (Å²) < 4.78 is 5.73. The molecule has 0 saturated carbocycles. The second kappa shape index (κ2) is 8.63. The molecular formula is C18H18BrN3O5. The van der Waals surface area contributed by atoms with Gasteiger partial charge >= 0.3 is 0 Å². The van der Waals surface area contributed by atoms with Crippen LogP contribution >= 0.6 is 15.9 Å². The van der Waals surface area contributed by atoms with Crippen LogP contribution in [-0.2, 0) is 4.79 Å². The molecule has 0 aromatic heterocycles. The lowest BCUT2D eigenvalue weighted by atomic mass is 10.1. The van der Waals surface area contributed by atoms with Gasteiger partial charge in [0.2, 0.25) is 0 Å². The average molecular weight is 436 g/mol. The number of hydrogen-bond donors (Lipinski definition) is 2. The number of non-ortho nitro benzene ring substituents is 1. The summed E-state index contributed by atoms with van der Waals surface area (Å²) in [6, 6.07) is 6.21. The van der Waals surface area contributed by atoms with Crippen LogP contribution in [0.15, 0.2) is 33.8 Å². The van der Waals surface area contributed by atoms with Crippen LogP contribution in [0.5, 0.6) is 11.5 Å². The Balaban J connectivity index is 2.02. The summed E-state index contributed by atoms with van der Waals surface area (Å²) in [6.07, 6.45) is 1.12. The molecule has 0 aliphatic heterocycles. The summed E-state index contributed by atoms with van der Waals surface area (Å²) in [7, 11) is 0. The van der Waals surface area contributed by atoms with E-state index in [1.807, 2.05) is 32.9 Å². The highest BCUT2D eigenvalue weighted by atomic mass is 79.9. The number of aryl methyl sites for hydroxylation is 2. The maximum absolute atomic E-state index is 11.9.